The summed E-state index contributed by atoms with van der Waals surface area (Å²) in [5.41, 5.74) is 0. The molecule has 0 aliphatic carbocycles. The largest absolute Gasteiger partial charge is 0.440 e. The number of likely N-dealkylation sites (N-methyl/N-ethyl adjacent to an activating group) is 1. The van der Waals surface area contributed by atoms with Crippen LogP contribution in [0.4, 0.5) is 0 Å². The fourth-order valence-corrected chi connectivity index (χ4v) is 2.33. The average molecular weight is 271 g/mol. The highest BCUT2D eigenvalue weighted by Gasteiger charge is 2.33. The Morgan fingerprint density at radius 3 is 2.83 bits per heavy atom. The zero-order valence-corrected chi connectivity index (χ0v) is 10.9. The highest BCUT2D eigenvalue weighted by Crippen LogP contribution is 2.22. The Hall–Kier alpha value is -1.49. The van der Waals surface area contributed by atoms with Crippen LogP contribution < -0.4 is 5.32 Å². The van der Waals surface area contributed by atoms with Crippen LogP contribution in [0.5, 0.6) is 0 Å². The molecule has 2 rings (SSSR count). The van der Waals surface area contributed by atoms with Crippen molar-refractivity contribution in [1.82, 2.24) is 10.2 Å². The molecule has 1 fully saturated rings. The first kappa shape index (κ1) is 13.0. The molecule has 18 heavy (non-hydrogen) atoms. The number of carbonyl (C=O) groups excluding carboxylic acids is 2. The number of nitrogens with one attached hydrogen (secondary N) is 1. The van der Waals surface area contributed by atoms with Crippen LogP contribution in [-0.2, 0) is 4.79 Å². The maximum atomic E-state index is 12.2. The number of furan rings is 1. The Morgan fingerprint density at radius 1 is 1.44 bits per heavy atom. The van der Waals surface area contributed by atoms with E-state index in [1.807, 2.05) is 0 Å². The Balaban J connectivity index is 2.18. The Bertz CT molecular complexity index is 458. The van der Waals surface area contributed by atoms with E-state index in [2.05, 4.69) is 5.32 Å². The van der Waals surface area contributed by atoms with Gasteiger partial charge in [-0.1, -0.05) is 0 Å². The predicted molar refractivity (Wildman–Crippen MR) is 66.5 cm³/mol. The number of hydrogen-bond acceptors (Lipinski definition) is 3. The number of piperidine rings is 1. The van der Waals surface area contributed by atoms with E-state index in [4.69, 9.17) is 16.0 Å². The molecule has 1 aliphatic rings. The van der Waals surface area contributed by atoms with E-state index in [1.165, 1.54) is 12.1 Å². The van der Waals surface area contributed by atoms with Crippen LogP contribution in [0.2, 0.25) is 5.22 Å². The van der Waals surface area contributed by atoms with Gasteiger partial charge in [-0.3, -0.25) is 9.59 Å². The first-order valence-electron chi connectivity index (χ1n) is 5.91. The summed E-state index contributed by atoms with van der Waals surface area (Å²) in [6.45, 7) is 0.565. The lowest BCUT2D eigenvalue weighted by Gasteiger charge is -2.33. The summed E-state index contributed by atoms with van der Waals surface area (Å²) in [4.78, 5) is 25.5. The normalized spacial score (nSPS) is 19.7. The minimum Gasteiger partial charge on any atom is -0.440 e. The van der Waals surface area contributed by atoms with Gasteiger partial charge in [0.05, 0.1) is 0 Å². The SMILES string of the molecule is CNC(=O)[C@@H]1CCCCN1C(=O)c1ccc(Cl)o1. The molecule has 0 spiro atoms. The summed E-state index contributed by atoms with van der Waals surface area (Å²) >= 11 is 5.65. The maximum absolute atomic E-state index is 12.2. The van der Waals surface area contributed by atoms with Crippen LogP contribution in [0.25, 0.3) is 0 Å². The van der Waals surface area contributed by atoms with Crippen molar-refractivity contribution in [3.63, 3.8) is 0 Å². The topological polar surface area (TPSA) is 62.6 Å². The van der Waals surface area contributed by atoms with Crippen molar-refractivity contribution in [2.24, 2.45) is 0 Å². The molecule has 0 saturated carbocycles. The Morgan fingerprint density at radius 2 is 2.22 bits per heavy atom. The molecule has 1 atom stereocenters. The number of hydrogen-bond donors (Lipinski definition) is 1. The average Bonchev–Trinajstić information content (AvgIpc) is 2.83. The molecule has 98 valence electrons. The van der Waals surface area contributed by atoms with E-state index in [-0.39, 0.29) is 22.8 Å². The molecule has 6 heteroatoms. The highest BCUT2D eigenvalue weighted by atomic mass is 35.5. The third-order valence-corrected chi connectivity index (χ3v) is 3.30. The van der Waals surface area contributed by atoms with E-state index in [0.29, 0.717) is 13.0 Å². The second-order valence-corrected chi connectivity index (χ2v) is 4.60. The van der Waals surface area contributed by atoms with Crippen molar-refractivity contribution in [3.05, 3.63) is 23.1 Å². The summed E-state index contributed by atoms with van der Waals surface area (Å²) in [6.07, 6.45) is 2.52. The zero-order valence-electron chi connectivity index (χ0n) is 10.1. The fourth-order valence-electron chi connectivity index (χ4n) is 2.18. The van der Waals surface area contributed by atoms with Gasteiger partial charge in [-0.05, 0) is 43.0 Å². The van der Waals surface area contributed by atoms with Gasteiger partial charge in [0.2, 0.25) is 5.91 Å². The molecule has 1 saturated heterocycles. The monoisotopic (exact) mass is 270 g/mol. The molecule has 0 unspecified atom stereocenters. The minimum atomic E-state index is -0.417. The molecule has 0 radical (unpaired) electrons. The number of likely N-dealkylation sites (tertiary alicyclic amines) is 1. The summed E-state index contributed by atoms with van der Waals surface area (Å²) in [5.74, 6) is -0.244. The van der Waals surface area contributed by atoms with Gasteiger partial charge in [0, 0.05) is 13.6 Å². The number of carbonyl (C=O) groups is 2. The van der Waals surface area contributed by atoms with Crippen LogP contribution in [0.1, 0.15) is 29.8 Å². The number of halogens is 1. The van der Waals surface area contributed by atoms with E-state index < -0.39 is 6.04 Å². The maximum Gasteiger partial charge on any atom is 0.290 e. The lowest BCUT2D eigenvalue weighted by atomic mass is 10.0. The van der Waals surface area contributed by atoms with Crippen molar-refractivity contribution >= 4 is 23.4 Å². The van der Waals surface area contributed by atoms with Crippen LogP contribution >= 0.6 is 11.6 Å². The van der Waals surface area contributed by atoms with Crippen molar-refractivity contribution in [3.8, 4) is 0 Å². The van der Waals surface area contributed by atoms with Crippen molar-refractivity contribution < 1.29 is 14.0 Å². The predicted octanol–water partition coefficient (Wildman–Crippen LogP) is 1.67. The van der Waals surface area contributed by atoms with Gasteiger partial charge < -0.3 is 14.6 Å². The molecule has 1 aromatic rings. The van der Waals surface area contributed by atoms with Crippen LogP contribution in [0.3, 0.4) is 0 Å². The van der Waals surface area contributed by atoms with Gasteiger partial charge in [0.1, 0.15) is 6.04 Å². The van der Waals surface area contributed by atoms with Crippen LogP contribution in [0.15, 0.2) is 16.5 Å². The van der Waals surface area contributed by atoms with E-state index in [9.17, 15) is 9.59 Å². The van der Waals surface area contributed by atoms with Crippen molar-refractivity contribution in [2.45, 2.75) is 25.3 Å². The molecule has 1 aromatic heterocycles. The quantitative estimate of drug-likeness (QED) is 0.889. The zero-order chi connectivity index (χ0) is 13.1. The first-order valence-corrected chi connectivity index (χ1v) is 6.29. The van der Waals surface area contributed by atoms with E-state index in [1.54, 1.807) is 11.9 Å². The molecular formula is C12H15ClN2O3. The van der Waals surface area contributed by atoms with Gasteiger partial charge in [0.15, 0.2) is 11.0 Å². The van der Waals surface area contributed by atoms with Crippen LogP contribution in [-0.4, -0.2) is 36.3 Å². The first-order chi connectivity index (χ1) is 8.63. The third kappa shape index (κ3) is 2.51. The fraction of sp³-hybridized carbons (Fsp3) is 0.500. The Kier molecular flexibility index (Phi) is 3.91. The Labute approximate surface area is 110 Å². The number of rotatable bonds is 2. The smallest absolute Gasteiger partial charge is 0.290 e. The lowest BCUT2D eigenvalue weighted by molar-refractivity contribution is -0.126. The molecule has 1 aliphatic heterocycles. The van der Waals surface area contributed by atoms with Gasteiger partial charge in [-0.15, -0.1) is 0 Å². The van der Waals surface area contributed by atoms with Crippen LogP contribution in [0, 0.1) is 0 Å². The van der Waals surface area contributed by atoms with Gasteiger partial charge in [-0.25, -0.2) is 0 Å². The standard InChI is InChI=1S/C12H15ClN2O3/c1-14-11(16)8-4-2-3-7-15(8)12(17)9-5-6-10(13)18-9/h5-6,8H,2-4,7H2,1H3,(H,14,16)/t8-/m0/s1. The molecule has 2 amide bonds. The van der Waals surface area contributed by atoms with Crippen molar-refractivity contribution in [1.29, 1.82) is 0 Å². The molecule has 0 aromatic carbocycles. The summed E-state index contributed by atoms with van der Waals surface area (Å²) in [6, 6.07) is 2.63. The molecule has 5 nitrogen and oxygen atoms in total. The summed E-state index contributed by atoms with van der Waals surface area (Å²) < 4.78 is 5.10. The minimum absolute atomic E-state index is 0.138. The van der Waals surface area contributed by atoms with Gasteiger partial charge in [0.25, 0.3) is 5.91 Å². The molecule has 0 bridgehead atoms. The molecular weight excluding hydrogens is 256 g/mol. The van der Waals surface area contributed by atoms with Crippen molar-refractivity contribution in [2.75, 3.05) is 13.6 Å². The van der Waals surface area contributed by atoms with Gasteiger partial charge in [-0.2, -0.15) is 0 Å². The second-order valence-electron chi connectivity index (χ2n) is 4.23. The van der Waals surface area contributed by atoms with Gasteiger partial charge >= 0.3 is 0 Å². The van der Waals surface area contributed by atoms with E-state index in [0.717, 1.165) is 12.8 Å². The summed E-state index contributed by atoms with van der Waals surface area (Å²) in [5, 5.41) is 2.76. The lowest BCUT2D eigenvalue weighted by Crippen LogP contribution is -2.51. The molecule has 2 heterocycles. The molecule has 1 N–H and O–H groups in total. The van der Waals surface area contributed by atoms with E-state index >= 15 is 0 Å². The number of amides is 2. The second kappa shape index (κ2) is 5.44. The number of nitrogens with zero attached hydrogens (tertiary/aromatic N) is 1. The summed E-state index contributed by atoms with van der Waals surface area (Å²) in [7, 11) is 1.57. The highest BCUT2D eigenvalue weighted by molar-refractivity contribution is 6.29. The third-order valence-electron chi connectivity index (χ3n) is 3.10.